The summed E-state index contributed by atoms with van der Waals surface area (Å²) >= 11 is 0. The van der Waals surface area contributed by atoms with Gasteiger partial charge in [0.05, 0.1) is 12.1 Å². The SMILES string of the molecule is CN1CCCC1c1nnc2n1CCCC2N. The monoisotopic (exact) mass is 221 g/mol. The van der Waals surface area contributed by atoms with Crippen LogP contribution in [0, 0.1) is 0 Å². The maximum Gasteiger partial charge on any atom is 0.150 e. The van der Waals surface area contributed by atoms with Gasteiger partial charge in [-0.05, 0) is 39.3 Å². The summed E-state index contributed by atoms with van der Waals surface area (Å²) in [5.41, 5.74) is 6.06. The fraction of sp³-hybridized carbons (Fsp3) is 0.818. The molecule has 88 valence electrons. The van der Waals surface area contributed by atoms with Gasteiger partial charge in [0.15, 0.2) is 0 Å². The van der Waals surface area contributed by atoms with Crippen molar-refractivity contribution in [2.24, 2.45) is 5.73 Å². The molecule has 0 aliphatic carbocycles. The molecule has 2 N–H and O–H groups in total. The van der Waals surface area contributed by atoms with Crippen LogP contribution in [0.3, 0.4) is 0 Å². The van der Waals surface area contributed by atoms with Crippen molar-refractivity contribution in [3.63, 3.8) is 0 Å². The Morgan fingerprint density at radius 3 is 2.62 bits per heavy atom. The summed E-state index contributed by atoms with van der Waals surface area (Å²) in [4.78, 5) is 2.37. The summed E-state index contributed by atoms with van der Waals surface area (Å²) in [6, 6.07) is 0.535. The van der Waals surface area contributed by atoms with E-state index < -0.39 is 0 Å². The Labute approximate surface area is 95.6 Å². The molecule has 2 aliphatic rings. The summed E-state index contributed by atoms with van der Waals surface area (Å²) in [5.74, 6) is 2.12. The van der Waals surface area contributed by atoms with Gasteiger partial charge in [-0.1, -0.05) is 0 Å². The summed E-state index contributed by atoms with van der Waals surface area (Å²) in [6.45, 7) is 2.20. The van der Waals surface area contributed by atoms with E-state index in [2.05, 4.69) is 26.7 Å². The second-order valence-corrected chi connectivity index (χ2v) is 4.96. The van der Waals surface area contributed by atoms with Crippen molar-refractivity contribution in [3.05, 3.63) is 11.6 Å². The van der Waals surface area contributed by atoms with E-state index in [0.29, 0.717) is 6.04 Å². The minimum absolute atomic E-state index is 0.0849. The second-order valence-electron chi connectivity index (χ2n) is 4.96. The standard InChI is InChI=1S/C11H19N5/c1-15-6-3-5-9(15)11-14-13-10-8(12)4-2-7-16(10)11/h8-9H,2-7,12H2,1H3. The number of nitrogens with zero attached hydrogens (tertiary/aromatic N) is 4. The molecule has 16 heavy (non-hydrogen) atoms. The van der Waals surface area contributed by atoms with Gasteiger partial charge in [-0.3, -0.25) is 4.90 Å². The molecule has 2 atom stereocenters. The van der Waals surface area contributed by atoms with E-state index >= 15 is 0 Å². The highest BCUT2D eigenvalue weighted by molar-refractivity contribution is 5.08. The van der Waals surface area contributed by atoms with Crippen LogP contribution in [0.2, 0.25) is 0 Å². The van der Waals surface area contributed by atoms with Gasteiger partial charge < -0.3 is 10.3 Å². The summed E-state index contributed by atoms with van der Waals surface area (Å²) in [7, 11) is 2.17. The number of hydrogen-bond donors (Lipinski definition) is 1. The molecule has 3 heterocycles. The van der Waals surface area contributed by atoms with Crippen molar-refractivity contribution in [2.45, 2.75) is 44.3 Å². The lowest BCUT2D eigenvalue weighted by Crippen LogP contribution is -2.26. The van der Waals surface area contributed by atoms with Crippen LogP contribution in [0.5, 0.6) is 0 Å². The van der Waals surface area contributed by atoms with Crippen LogP contribution in [0.25, 0.3) is 0 Å². The fourth-order valence-corrected chi connectivity index (χ4v) is 2.91. The Balaban J connectivity index is 1.96. The Morgan fingerprint density at radius 1 is 1.12 bits per heavy atom. The zero-order valence-corrected chi connectivity index (χ0v) is 9.76. The van der Waals surface area contributed by atoms with Crippen molar-refractivity contribution >= 4 is 0 Å². The number of fused-ring (bicyclic) bond motifs is 1. The highest BCUT2D eigenvalue weighted by Gasteiger charge is 2.30. The first-order valence-corrected chi connectivity index (χ1v) is 6.16. The Bertz CT molecular complexity index is 386. The molecule has 2 unspecified atom stereocenters. The Morgan fingerprint density at radius 2 is 1.88 bits per heavy atom. The number of aromatic nitrogens is 3. The van der Waals surface area contributed by atoms with E-state index in [-0.39, 0.29) is 6.04 Å². The third-order valence-electron chi connectivity index (χ3n) is 3.85. The molecule has 1 aromatic rings. The quantitative estimate of drug-likeness (QED) is 0.763. The van der Waals surface area contributed by atoms with Crippen LogP contribution in [-0.2, 0) is 6.54 Å². The Kier molecular flexibility index (Phi) is 2.44. The van der Waals surface area contributed by atoms with Crippen molar-refractivity contribution < 1.29 is 0 Å². The normalized spacial score (nSPS) is 30.6. The maximum atomic E-state index is 6.06. The smallest absolute Gasteiger partial charge is 0.150 e. The van der Waals surface area contributed by atoms with Gasteiger partial charge in [-0.2, -0.15) is 0 Å². The second kappa shape index (κ2) is 3.82. The molecular weight excluding hydrogens is 202 g/mol. The zero-order valence-electron chi connectivity index (χ0n) is 9.76. The van der Waals surface area contributed by atoms with Gasteiger partial charge in [-0.25, -0.2) is 0 Å². The summed E-state index contributed by atoms with van der Waals surface area (Å²) < 4.78 is 2.25. The van der Waals surface area contributed by atoms with E-state index in [4.69, 9.17) is 5.73 Å². The molecule has 1 fully saturated rings. The lowest BCUT2D eigenvalue weighted by atomic mass is 10.1. The van der Waals surface area contributed by atoms with E-state index in [9.17, 15) is 0 Å². The lowest BCUT2D eigenvalue weighted by molar-refractivity contribution is 0.292. The maximum absolute atomic E-state index is 6.06. The number of nitrogens with two attached hydrogens (primary N) is 1. The van der Waals surface area contributed by atoms with Crippen LogP contribution in [-0.4, -0.2) is 33.3 Å². The first-order valence-electron chi connectivity index (χ1n) is 6.16. The molecule has 2 aliphatic heterocycles. The average molecular weight is 221 g/mol. The molecule has 1 saturated heterocycles. The molecule has 0 radical (unpaired) electrons. The van der Waals surface area contributed by atoms with Crippen LogP contribution < -0.4 is 5.73 Å². The highest BCUT2D eigenvalue weighted by Crippen LogP contribution is 2.32. The average Bonchev–Trinajstić information content (AvgIpc) is 2.84. The molecule has 5 nitrogen and oxygen atoms in total. The van der Waals surface area contributed by atoms with E-state index in [0.717, 1.165) is 31.0 Å². The Hall–Kier alpha value is -0.940. The lowest BCUT2D eigenvalue weighted by Gasteiger charge is -2.24. The predicted molar refractivity (Wildman–Crippen MR) is 60.8 cm³/mol. The zero-order chi connectivity index (χ0) is 11.1. The largest absolute Gasteiger partial charge is 0.321 e. The third-order valence-corrected chi connectivity index (χ3v) is 3.85. The molecule has 0 aromatic carbocycles. The van der Waals surface area contributed by atoms with Gasteiger partial charge in [0, 0.05) is 6.54 Å². The topological polar surface area (TPSA) is 60.0 Å². The van der Waals surface area contributed by atoms with Crippen LogP contribution in [0.1, 0.15) is 49.4 Å². The van der Waals surface area contributed by atoms with Gasteiger partial charge in [0.2, 0.25) is 0 Å². The van der Waals surface area contributed by atoms with Crippen molar-refractivity contribution in [1.29, 1.82) is 0 Å². The molecule has 0 saturated carbocycles. The molecule has 0 bridgehead atoms. The number of hydrogen-bond acceptors (Lipinski definition) is 4. The van der Waals surface area contributed by atoms with E-state index in [1.54, 1.807) is 0 Å². The first kappa shape index (κ1) is 10.2. The highest BCUT2D eigenvalue weighted by atomic mass is 15.3. The molecular formula is C11H19N5. The van der Waals surface area contributed by atoms with Gasteiger partial charge in [-0.15, -0.1) is 10.2 Å². The molecule has 0 spiro atoms. The van der Waals surface area contributed by atoms with Gasteiger partial charge in [0.25, 0.3) is 0 Å². The van der Waals surface area contributed by atoms with Crippen LogP contribution in [0.15, 0.2) is 0 Å². The van der Waals surface area contributed by atoms with E-state index in [1.807, 2.05) is 0 Å². The number of rotatable bonds is 1. The minimum atomic E-state index is 0.0849. The van der Waals surface area contributed by atoms with Gasteiger partial charge >= 0.3 is 0 Å². The van der Waals surface area contributed by atoms with E-state index in [1.165, 1.54) is 19.4 Å². The molecule has 0 amide bonds. The van der Waals surface area contributed by atoms with Crippen molar-refractivity contribution in [1.82, 2.24) is 19.7 Å². The first-order chi connectivity index (χ1) is 7.77. The number of likely N-dealkylation sites (tertiary alicyclic amines) is 1. The van der Waals surface area contributed by atoms with Crippen LogP contribution in [0.4, 0.5) is 0 Å². The van der Waals surface area contributed by atoms with Crippen LogP contribution >= 0.6 is 0 Å². The fourth-order valence-electron chi connectivity index (χ4n) is 2.91. The molecule has 3 rings (SSSR count). The summed E-state index contributed by atoms with van der Waals surface area (Å²) in [6.07, 6.45) is 4.65. The van der Waals surface area contributed by atoms with Gasteiger partial charge in [0.1, 0.15) is 11.6 Å². The van der Waals surface area contributed by atoms with Crippen molar-refractivity contribution in [3.8, 4) is 0 Å². The molecule has 5 heteroatoms. The predicted octanol–water partition coefficient (Wildman–Crippen LogP) is 0.838. The molecule has 1 aromatic heterocycles. The third kappa shape index (κ3) is 1.46. The van der Waals surface area contributed by atoms with Crippen molar-refractivity contribution in [2.75, 3.05) is 13.6 Å². The summed E-state index contributed by atoms with van der Waals surface area (Å²) in [5, 5.41) is 8.65. The minimum Gasteiger partial charge on any atom is -0.321 e.